The summed E-state index contributed by atoms with van der Waals surface area (Å²) in [6.07, 6.45) is 4.17. The highest BCUT2D eigenvalue weighted by atomic mass is 35.5. The number of aryl methyl sites for hydroxylation is 2. The van der Waals surface area contributed by atoms with E-state index in [1.54, 1.807) is 7.11 Å². The monoisotopic (exact) mass is 563 g/mol. The number of benzene rings is 2. The topological polar surface area (TPSA) is 65.1 Å². The third-order valence-electron chi connectivity index (χ3n) is 8.22. The Balaban J connectivity index is 1.59. The van der Waals surface area contributed by atoms with Crippen LogP contribution >= 0.6 is 11.6 Å². The molecule has 0 aromatic heterocycles. The molecule has 2 aliphatic carbocycles. The van der Waals surface area contributed by atoms with Crippen molar-refractivity contribution in [2.75, 3.05) is 26.9 Å². The van der Waals surface area contributed by atoms with Gasteiger partial charge in [-0.2, -0.15) is 0 Å². The number of hydrogen-bond donors (Lipinski definition) is 0. The zero-order valence-corrected chi connectivity index (χ0v) is 24.7. The van der Waals surface area contributed by atoms with Crippen LogP contribution in [0.2, 0.25) is 5.02 Å². The Hall–Kier alpha value is -3.09. The molecule has 1 aliphatic heterocycles. The van der Waals surface area contributed by atoms with E-state index < -0.39 is 5.92 Å². The zero-order chi connectivity index (χ0) is 28.4. The normalized spacial score (nSPS) is 17.8. The van der Waals surface area contributed by atoms with E-state index in [1.165, 1.54) is 11.1 Å². The number of nitrogens with zero attached hydrogens (tertiary/aromatic N) is 1. The van der Waals surface area contributed by atoms with Crippen LogP contribution in [-0.4, -0.2) is 43.3 Å². The van der Waals surface area contributed by atoms with Gasteiger partial charge in [0, 0.05) is 55.0 Å². The second-order valence-corrected chi connectivity index (χ2v) is 11.2. The number of ether oxygens (including phenoxy) is 3. The maximum Gasteiger partial charge on any atom is 0.180 e. The van der Waals surface area contributed by atoms with Crippen LogP contribution in [0.5, 0.6) is 11.5 Å². The first-order valence-corrected chi connectivity index (χ1v) is 14.7. The molecule has 7 heteroatoms. The molecule has 40 heavy (non-hydrogen) atoms. The Morgan fingerprint density at radius 1 is 0.900 bits per heavy atom. The van der Waals surface area contributed by atoms with Crippen molar-refractivity contribution < 1.29 is 23.8 Å². The van der Waals surface area contributed by atoms with Gasteiger partial charge in [0.25, 0.3) is 0 Å². The standard InChI is InChI=1S/C33H38ClNO5/c1-5-39-29-18-23(17-24(34)33(29)40-19-22-13-12-20(2)21(3)16-22)30-31-25(8-6-10-27(31)36)35(14-15-38-4)26-9-7-11-28(37)32(26)30/h12-13,16-18,30H,5-11,14-15,19H2,1-4H3. The van der Waals surface area contributed by atoms with Gasteiger partial charge in [-0.25, -0.2) is 0 Å². The number of methoxy groups -OCH3 is 1. The molecular weight excluding hydrogens is 526 g/mol. The molecule has 0 radical (unpaired) electrons. The molecule has 5 rings (SSSR count). The number of halogens is 1. The molecule has 1 heterocycles. The first-order chi connectivity index (χ1) is 19.3. The van der Waals surface area contributed by atoms with Crippen molar-refractivity contribution in [1.82, 2.24) is 4.90 Å². The third-order valence-corrected chi connectivity index (χ3v) is 8.51. The van der Waals surface area contributed by atoms with Crippen molar-refractivity contribution in [2.45, 2.75) is 71.8 Å². The van der Waals surface area contributed by atoms with Crippen LogP contribution in [0, 0.1) is 13.8 Å². The fraction of sp³-hybridized carbons (Fsp3) is 0.455. The molecule has 0 bridgehead atoms. The lowest BCUT2D eigenvalue weighted by Gasteiger charge is -2.44. The van der Waals surface area contributed by atoms with Gasteiger partial charge in [-0.05, 0) is 80.8 Å². The van der Waals surface area contributed by atoms with E-state index in [1.807, 2.05) is 25.1 Å². The molecular formula is C33H38ClNO5. The van der Waals surface area contributed by atoms with E-state index in [0.717, 1.165) is 59.4 Å². The molecule has 0 spiro atoms. The Bertz CT molecular complexity index is 1350. The average molecular weight is 564 g/mol. The fourth-order valence-electron chi connectivity index (χ4n) is 6.21. The van der Waals surface area contributed by atoms with Crippen molar-refractivity contribution in [3.05, 3.63) is 80.1 Å². The largest absolute Gasteiger partial charge is 0.490 e. The maximum absolute atomic E-state index is 13.5. The lowest BCUT2D eigenvalue weighted by Crippen LogP contribution is -2.40. The van der Waals surface area contributed by atoms with Crippen LogP contribution < -0.4 is 9.47 Å². The lowest BCUT2D eigenvalue weighted by atomic mass is 9.71. The quantitative estimate of drug-likeness (QED) is 0.327. The molecule has 0 amide bonds. The molecule has 0 N–H and O–H groups in total. The molecule has 2 aromatic carbocycles. The van der Waals surface area contributed by atoms with Crippen molar-refractivity contribution in [2.24, 2.45) is 0 Å². The number of carbonyl (C=O) groups is 2. The smallest absolute Gasteiger partial charge is 0.180 e. The molecule has 0 saturated heterocycles. The van der Waals surface area contributed by atoms with Crippen LogP contribution in [0.25, 0.3) is 0 Å². The van der Waals surface area contributed by atoms with Crippen LogP contribution in [0.3, 0.4) is 0 Å². The first-order valence-electron chi connectivity index (χ1n) is 14.3. The van der Waals surface area contributed by atoms with E-state index in [2.05, 4.69) is 30.9 Å². The summed E-state index contributed by atoms with van der Waals surface area (Å²) >= 11 is 6.90. The maximum atomic E-state index is 13.5. The SMILES string of the molecule is CCOc1cc(C2C3=C(CCCC3=O)N(CCOC)C3=C2C(=O)CCC3)cc(Cl)c1OCc1ccc(C)c(C)c1. The van der Waals surface area contributed by atoms with Gasteiger partial charge in [0.15, 0.2) is 23.1 Å². The molecule has 0 unspecified atom stereocenters. The van der Waals surface area contributed by atoms with Gasteiger partial charge in [-0.15, -0.1) is 0 Å². The van der Waals surface area contributed by atoms with Crippen molar-refractivity contribution in [3.63, 3.8) is 0 Å². The summed E-state index contributed by atoms with van der Waals surface area (Å²) in [6, 6.07) is 10.0. The minimum atomic E-state index is -0.463. The highest BCUT2D eigenvalue weighted by Crippen LogP contribution is 2.51. The molecule has 2 aromatic rings. The predicted octanol–water partition coefficient (Wildman–Crippen LogP) is 6.99. The molecule has 0 saturated carbocycles. The molecule has 0 fully saturated rings. The van der Waals surface area contributed by atoms with Gasteiger partial charge in [-0.3, -0.25) is 9.59 Å². The zero-order valence-electron chi connectivity index (χ0n) is 23.9. The van der Waals surface area contributed by atoms with Crippen LogP contribution in [0.1, 0.15) is 73.6 Å². The van der Waals surface area contributed by atoms with Gasteiger partial charge in [0.1, 0.15) is 6.61 Å². The number of ketones is 2. The van der Waals surface area contributed by atoms with Gasteiger partial charge >= 0.3 is 0 Å². The number of allylic oxidation sites excluding steroid dienone is 4. The first kappa shape index (κ1) is 28.4. The average Bonchev–Trinajstić information content (AvgIpc) is 2.93. The van der Waals surface area contributed by atoms with Gasteiger partial charge in [-0.1, -0.05) is 29.8 Å². The second-order valence-electron chi connectivity index (χ2n) is 10.8. The minimum absolute atomic E-state index is 0.0998. The molecule has 212 valence electrons. The second kappa shape index (κ2) is 12.2. The fourth-order valence-corrected chi connectivity index (χ4v) is 6.48. The summed E-state index contributed by atoms with van der Waals surface area (Å²) in [6.45, 7) is 8.00. The predicted molar refractivity (Wildman–Crippen MR) is 156 cm³/mol. The minimum Gasteiger partial charge on any atom is -0.490 e. The third kappa shape index (κ3) is 5.44. The van der Waals surface area contributed by atoms with Gasteiger partial charge in [0.2, 0.25) is 0 Å². The number of carbonyl (C=O) groups excluding carboxylic acids is 2. The summed E-state index contributed by atoms with van der Waals surface area (Å²) in [5.74, 6) is 0.725. The summed E-state index contributed by atoms with van der Waals surface area (Å²) in [5.41, 5.74) is 7.76. The summed E-state index contributed by atoms with van der Waals surface area (Å²) in [5, 5.41) is 0.405. The van der Waals surface area contributed by atoms with E-state index in [-0.39, 0.29) is 11.6 Å². The van der Waals surface area contributed by atoms with Crippen molar-refractivity contribution in [3.8, 4) is 11.5 Å². The molecule has 0 atom stereocenters. The Kier molecular flexibility index (Phi) is 8.67. The van der Waals surface area contributed by atoms with E-state index >= 15 is 0 Å². The molecule has 3 aliphatic rings. The van der Waals surface area contributed by atoms with Gasteiger partial charge < -0.3 is 19.1 Å². The Morgan fingerprint density at radius 2 is 1.57 bits per heavy atom. The number of hydrogen-bond acceptors (Lipinski definition) is 6. The van der Waals surface area contributed by atoms with Crippen LogP contribution in [0.15, 0.2) is 52.9 Å². The van der Waals surface area contributed by atoms with E-state index in [4.69, 9.17) is 25.8 Å². The van der Waals surface area contributed by atoms with Crippen molar-refractivity contribution >= 4 is 23.2 Å². The highest BCUT2D eigenvalue weighted by Gasteiger charge is 2.43. The summed E-state index contributed by atoms with van der Waals surface area (Å²) < 4.78 is 17.7. The van der Waals surface area contributed by atoms with Crippen LogP contribution in [0.4, 0.5) is 0 Å². The highest BCUT2D eigenvalue weighted by molar-refractivity contribution is 6.32. The van der Waals surface area contributed by atoms with Gasteiger partial charge in [0.05, 0.1) is 18.2 Å². The molecule has 6 nitrogen and oxygen atoms in total. The number of rotatable bonds is 9. The van der Waals surface area contributed by atoms with E-state index in [9.17, 15) is 9.59 Å². The van der Waals surface area contributed by atoms with Crippen LogP contribution in [-0.2, 0) is 20.9 Å². The summed E-state index contributed by atoms with van der Waals surface area (Å²) in [7, 11) is 1.68. The lowest BCUT2D eigenvalue weighted by molar-refractivity contribution is -0.117. The summed E-state index contributed by atoms with van der Waals surface area (Å²) in [4.78, 5) is 29.3. The Labute approximate surface area is 241 Å². The van der Waals surface area contributed by atoms with E-state index in [0.29, 0.717) is 55.7 Å². The Morgan fingerprint density at radius 3 is 2.17 bits per heavy atom. The number of Topliss-reactive ketones (excluding diaryl/α,β-unsaturated/α-hetero) is 2. The van der Waals surface area contributed by atoms with Crippen molar-refractivity contribution in [1.29, 1.82) is 0 Å².